The van der Waals surface area contributed by atoms with Crippen LogP contribution in [-0.2, 0) is 11.3 Å². The Morgan fingerprint density at radius 1 is 0.848 bits per heavy atom. The highest BCUT2D eigenvalue weighted by atomic mass is 16.5. The van der Waals surface area contributed by atoms with Gasteiger partial charge in [-0.15, -0.1) is 0 Å². The molecule has 3 aromatic carbocycles. The molecule has 0 aliphatic carbocycles. The Bertz CT molecular complexity index is 1190. The molecule has 1 atom stereocenters. The van der Waals surface area contributed by atoms with Gasteiger partial charge in [0, 0.05) is 11.1 Å². The molecule has 0 radical (unpaired) electrons. The van der Waals surface area contributed by atoms with Crippen molar-refractivity contribution in [2.24, 2.45) is 5.92 Å². The van der Waals surface area contributed by atoms with Crippen LogP contribution in [0.25, 0.3) is 11.1 Å². The van der Waals surface area contributed by atoms with E-state index in [0.717, 1.165) is 33.5 Å². The first-order chi connectivity index (χ1) is 15.8. The van der Waals surface area contributed by atoms with Crippen molar-refractivity contribution in [3.8, 4) is 0 Å². The van der Waals surface area contributed by atoms with Crippen molar-refractivity contribution in [1.29, 1.82) is 0 Å². The summed E-state index contributed by atoms with van der Waals surface area (Å²) in [5.41, 5.74) is 6.38. The molecule has 0 bridgehead atoms. The molecular formula is C28H29NO4. The van der Waals surface area contributed by atoms with Crippen LogP contribution in [0.15, 0.2) is 72.8 Å². The Labute approximate surface area is 194 Å². The summed E-state index contributed by atoms with van der Waals surface area (Å²) < 4.78 is 0. The summed E-state index contributed by atoms with van der Waals surface area (Å²) in [6, 6.07) is 22.5. The van der Waals surface area contributed by atoms with E-state index < -0.39 is 12.4 Å². The number of anilines is 1. The fourth-order valence-corrected chi connectivity index (χ4v) is 4.44. The molecule has 0 saturated carbocycles. The third-order valence-corrected chi connectivity index (χ3v) is 6.06. The number of aliphatic hydroxyl groups is 3. The molecule has 5 nitrogen and oxygen atoms in total. The third-order valence-electron chi connectivity index (χ3n) is 6.06. The molecule has 1 aliphatic heterocycles. The van der Waals surface area contributed by atoms with Crippen molar-refractivity contribution in [3.63, 3.8) is 0 Å². The van der Waals surface area contributed by atoms with Crippen LogP contribution in [0.5, 0.6) is 0 Å². The largest absolute Gasteiger partial charge is 0.389 e. The van der Waals surface area contributed by atoms with Crippen molar-refractivity contribution in [2.45, 2.75) is 39.7 Å². The minimum atomic E-state index is -1.56. The maximum absolute atomic E-state index is 13.8. The van der Waals surface area contributed by atoms with Crippen molar-refractivity contribution in [3.05, 3.63) is 101 Å². The second-order valence-corrected chi connectivity index (χ2v) is 8.77. The molecule has 4 rings (SSSR count). The molecule has 0 saturated heterocycles. The number of amides is 1. The summed E-state index contributed by atoms with van der Waals surface area (Å²) in [4.78, 5) is 15.6. The van der Waals surface area contributed by atoms with Crippen LogP contribution >= 0.6 is 0 Å². The first-order valence-corrected chi connectivity index (χ1v) is 11.2. The molecule has 1 aliphatic rings. The summed E-state index contributed by atoms with van der Waals surface area (Å²) >= 11 is 0. The molecule has 33 heavy (non-hydrogen) atoms. The Hall–Kier alpha value is -3.25. The molecule has 1 amide bonds. The average Bonchev–Trinajstić information content (AvgIpc) is 3.06. The highest BCUT2D eigenvalue weighted by molar-refractivity contribution is 6.37. The normalized spacial score (nSPS) is 15.9. The monoisotopic (exact) mass is 443 g/mol. The number of nitrogens with zero attached hydrogens (tertiary/aromatic N) is 1. The zero-order valence-electron chi connectivity index (χ0n) is 19.1. The van der Waals surface area contributed by atoms with Crippen LogP contribution in [0.3, 0.4) is 0 Å². The number of para-hydroxylation sites is 1. The SMILES string of the molecule is CC(C)C(=C1C(=O)N(Cc2cccc(C(O)O)c2)c2ccccc21)c1ccc(C(C)O)cc1. The summed E-state index contributed by atoms with van der Waals surface area (Å²) in [6.07, 6.45) is -2.11. The first-order valence-electron chi connectivity index (χ1n) is 11.2. The molecule has 3 N–H and O–H groups in total. The van der Waals surface area contributed by atoms with Gasteiger partial charge >= 0.3 is 0 Å². The molecule has 0 spiro atoms. The van der Waals surface area contributed by atoms with E-state index in [1.807, 2.05) is 54.6 Å². The van der Waals surface area contributed by atoms with Crippen LogP contribution in [0.4, 0.5) is 5.69 Å². The van der Waals surface area contributed by atoms with Gasteiger partial charge in [-0.3, -0.25) is 4.79 Å². The molecule has 1 unspecified atom stereocenters. The molecule has 170 valence electrons. The van der Waals surface area contributed by atoms with E-state index in [9.17, 15) is 20.1 Å². The van der Waals surface area contributed by atoms with Gasteiger partial charge in [0.1, 0.15) is 0 Å². The second-order valence-electron chi connectivity index (χ2n) is 8.77. The fourth-order valence-electron chi connectivity index (χ4n) is 4.44. The number of allylic oxidation sites excluding steroid dienone is 1. The lowest BCUT2D eigenvalue weighted by Crippen LogP contribution is -2.26. The maximum Gasteiger partial charge on any atom is 0.259 e. The number of hydrogen-bond acceptors (Lipinski definition) is 4. The van der Waals surface area contributed by atoms with Gasteiger partial charge in [-0.25, -0.2) is 0 Å². The van der Waals surface area contributed by atoms with Gasteiger partial charge in [-0.2, -0.15) is 0 Å². The van der Waals surface area contributed by atoms with Gasteiger partial charge in [0.25, 0.3) is 5.91 Å². The Morgan fingerprint density at radius 3 is 2.18 bits per heavy atom. The summed E-state index contributed by atoms with van der Waals surface area (Å²) in [6.45, 7) is 6.22. The van der Waals surface area contributed by atoms with Gasteiger partial charge in [0.05, 0.1) is 23.9 Å². The Balaban J connectivity index is 1.81. The Kier molecular flexibility index (Phi) is 6.47. The quantitative estimate of drug-likeness (QED) is 0.376. The van der Waals surface area contributed by atoms with Crippen molar-refractivity contribution < 1.29 is 20.1 Å². The standard InChI is InChI=1S/C28H29NO4/c1-17(2)25(21-13-11-20(12-14-21)18(3)30)26-23-9-4-5-10-24(23)29(27(26)31)16-19-7-6-8-22(15-19)28(32)33/h4-15,17-18,28,30,32-33H,16H2,1-3H3. The average molecular weight is 444 g/mol. The van der Waals surface area contributed by atoms with E-state index in [1.54, 1.807) is 30.0 Å². The van der Waals surface area contributed by atoms with Gasteiger partial charge in [0.2, 0.25) is 0 Å². The lowest BCUT2D eigenvalue weighted by Gasteiger charge is -2.19. The molecule has 3 aromatic rings. The van der Waals surface area contributed by atoms with Crippen molar-refractivity contribution in [2.75, 3.05) is 4.90 Å². The third kappa shape index (κ3) is 4.48. The zero-order chi connectivity index (χ0) is 23.7. The number of fused-ring (bicyclic) bond motifs is 1. The minimum Gasteiger partial charge on any atom is -0.389 e. The highest BCUT2D eigenvalue weighted by Crippen LogP contribution is 2.43. The molecular weight excluding hydrogens is 414 g/mol. The number of hydrogen-bond donors (Lipinski definition) is 3. The van der Waals surface area contributed by atoms with E-state index in [0.29, 0.717) is 17.7 Å². The topological polar surface area (TPSA) is 81.0 Å². The van der Waals surface area contributed by atoms with Crippen molar-refractivity contribution >= 4 is 22.7 Å². The first kappa shape index (κ1) is 22.9. The van der Waals surface area contributed by atoms with E-state index in [2.05, 4.69) is 13.8 Å². The smallest absolute Gasteiger partial charge is 0.259 e. The minimum absolute atomic E-state index is 0.0746. The van der Waals surface area contributed by atoms with Gasteiger partial charge in [-0.05, 0) is 47.2 Å². The number of rotatable bonds is 6. The number of carbonyl (C=O) groups is 1. The highest BCUT2D eigenvalue weighted by Gasteiger charge is 2.35. The predicted molar refractivity (Wildman–Crippen MR) is 130 cm³/mol. The zero-order valence-corrected chi connectivity index (χ0v) is 19.1. The Morgan fingerprint density at radius 2 is 1.55 bits per heavy atom. The van der Waals surface area contributed by atoms with Gasteiger partial charge in [0.15, 0.2) is 6.29 Å². The molecule has 0 fully saturated rings. The van der Waals surface area contributed by atoms with E-state index >= 15 is 0 Å². The van der Waals surface area contributed by atoms with E-state index in [4.69, 9.17) is 0 Å². The molecule has 0 aromatic heterocycles. The maximum atomic E-state index is 13.8. The van der Waals surface area contributed by atoms with Crippen LogP contribution in [0.1, 0.15) is 61.0 Å². The fraction of sp³-hybridized carbons (Fsp3) is 0.250. The van der Waals surface area contributed by atoms with Crippen LogP contribution in [0, 0.1) is 5.92 Å². The molecule has 5 heteroatoms. The summed E-state index contributed by atoms with van der Waals surface area (Å²) in [7, 11) is 0. The van der Waals surface area contributed by atoms with Gasteiger partial charge < -0.3 is 20.2 Å². The predicted octanol–water partition coefficient (Wildman–Crippen LogP) is 4.84. The van der Waals surface area contributed by atoms with Crippen LogP contribution in [-0.4, -0.2) is 21.2 Å². The lowest BCUT2D eigenvalue weighted by molar-refractivity contribution is -0.113. The molecule has 1 heterocycles. The van der Waals surface area contributed by atoms with Crippen LogP contribution < -0.4 is 4.90 Å². The number of benzene rings is 3. The van der Waals surface area contributed by atoms with E-state index in [1.165, 1.54) is 0 Å². The summed E-state index contributed by atoms with van der Waals surface area (Å²) in [5.74, 6) is 0.0247. The number of aliphatic hydroxyl groups excluding tert-OH is 2. The van der Waals surface area contributed by atoms with Crippen molar-refractivity contribution in [1.82, 2.24) is 0 Å². The number of carbonyl (C=O) groups excluding carboxylic acids is 1. The van der Waals surface area contributed by atoms with Gasteiger partial charge in [-0.1, -0.05) is 74.5 Å². The van der Waals surface area contributed by atoms with E-state index in [-0.39, 0.29) is 11.8 Å². The lowest BCUT2D eigenvalue weighted by atomic mass is 9.87. The van der Waals surface area contributed by atoms with Crippen LogP contribution in [0.2, 0.25) is 0 Å². The summed E-state index contributed by atoms with van der Waals surface area (Å²) in [5, 5.41) is 28.9. The second kappa shape index (κ2) is 9.32.